The highest BCUT2D eigenvalue weighted by Gasteiger charge is 2.34. The van der Waals surface area contributed by atoms with E-state index in [4.69, 9.17) is 4.74 Å². The van der Waals surface area contributed by atoms with Crippen LogP contribution in [-0.4, -0.2) is 47.0 Å². The zero-order valence-electron chi connectivity index (χ0n) is 17.1. The first-order chi connectivity index (χ1) is 12.9. The first kappa shape index (κ1) is 20.6. The lowest BCUT2D eigenvalue weighted by Gasteiger charge is -2.30. The van der Waals surface area contributed by atoms with Crippen molar-refractivity contribution in [2.45, 2.75) is 77.5 Å². The van der Waals surface area contributed by atoms with Gasteiger partial charge in [-0.1, -0.05) is 64.2 Å². The Bertz CT molecular complexity index is 583. The number of nitrogens with zero attached hydrogens (tertiary/aromatic N) is 1. The molecule has 27 heavy (non-hydrogen) atoms. The van der Waals surface area contributed by atoms with Crippen molar-refractivity contribution < 1.29 is 14.9 Å². The molecular weight excluding hydrogens is 338 g/mol. The fourth-order valence-corrected chi connectivity index (χ4v) is 4.77. The summed E-state index contributed by atoms with van der Waals surface area (Å²) in [5.41, 5.74) is 1.15. The number of β-amino-alcohol motifs (C(OH)–C–C–N with tert-alkyl or cyclic N) is 1. The Morgan fingerprint density at radius 1 is 1.07 bits per heavy atom. The van der Waals surface area contributed by atoms with Gasteiger partial charge in [-0.3, -0.25) is 4.90 Å². The van der Waals surface area contributed by atoms with E-state index in [0.717, 1.165) is 37.8 Å². The maximum Gasteiger partial charge on any atom is 0.123 e. The van der Waals surface area contributed by atoms with Crippen molar-refractivity contribution >= 4 is 0 Å². The molecule has 1 saturated carbocycles. The second-order valence-electron chi connectivity index (χ2n) is 9.42. The lowest BCUT2D eigenvalue weighted by atomic mass is 9.86. The number of hydrogen-bond donors (Lipinski definition) is 2. The fourth-order valence-electron chi connectivity index (χ4n) is 4.77. The van der Waals surface area contributed by atoms with Crippen LogP contribution in [0.1, 0.15) is 64.4 Å². The molecule has 152 valence electrons. The molecule has 4 nitrogen and oxygen atoms in total. The number of likely N-dealkylation sites (tertiary alicyclic amines) is 1. The smallest absolute Gasteiger partial charge is 0.123 e. The Kier molecular flexibility index (Phi) is 7.18. The van der Waals surface area contributed by atoms with E-state index in [1.807, 2.05) is 6.07 Å². The van der Waals surface area contributed by atoms with Crippen LogP contribution < -0.4 is 4.74 Å². The Balaban J connectivity index is 1.59. The highest BCUT2D eigenvalue weighted by atomic mass is 16.5. The molecule has 0 aromatic heterocycles. The number of hydrogen-bond acceptors (Lipinski definition) is 4. The van der Waals surface area contributed by atoms with Crippen molar-refractivity contribution in [3.63, 3.8) is 0 Å². The van der Waals surface area contributed by atoms with Crippen LogP contribution in [0, 0.1) is 11.3 Å². The van der Waals surface area contributed by atoms with Gasteiger partial charge in [-0.05, 0) is 30.2 Å². The molecule has 1 aliphatic carbocycles. The molecule has 0 spiro atoms. The maximum atomic E-state index is 10.3. The monoisotopic (exact) mass is 375 g/mol. The van der Waals surface area contributed by atoms with Gasteiger partial charge in [0.15, 0.2) is 0 Å². The molecule has 0 radical (unpaired) electrons. The van der Waals surface area contributed by atoms with E-state index >= 15 is 0 Å². The minimum Gasteiger partial charge on any atom is -0.493 e. The highest BCUT2D eigenvalue weighted by Crippen LogP contribution is 2.31. The molecule has 2 atom stereocenters. The highest BCUT2D eigenvalue weighted by molar-refractivity contribution is 5.33. The molecule has 3 rings (SSSR count). The Labute approximate surface area is 164 Å². The summed E-state index contributed by atoms with van der Waals surface area (Å²) in [5, 5.41) is 20.4. The third-order valence-electron chi connectivity index (χ3n) is 6.18. The van der Waals surface area contributed by atoms with Gasteiger partial charge in [0.25, 0.3) is 0 Å². The number of aliphatic hydroxyl groups is 2. The number of rotatable bonds is 6. The fraction of sp³-hybridized carbons (Fsp3) is 0.739. The van der Waals surface area contributed by atoms with Crippen LogP contribution in [0.2, 0.25) is 0 Å². The molecule has 0 amide bonds. The van der Waals surface area contributed by atoms with Gasteiger partial charge in [-0.15, -0.1) is 0 Å². The van der Waals surface area contributed by atoms with Gasteiger partial charge >= 0.3 is 0 Å². The van der Waals surface area contributed by atoms with Crippen LogP contribution in [0.25, 0.3) is 0 Å². The molecule has 0 bridgehead atoms. The number of para-hydroxylation sites is 1. The second-order valence-corrected chi connectivity index (χ2v) is 9.42. The van der Waals surface area contributed by atoms with E-state index in [1.54, 1.807) is 0 Å². The molecule has 4 heteroatoms. The van der Waals surface area contributed by atoms with Crippen LogP contribution >= 0.6 is 0 Å². The number of aliphatic hydroxyl groups excluding tert-OH is 2. The topological polar surface area (TPSA) is 52.9 Å². The predicted octanol–water partition coefficient (Wildman–Crippen LogP) is 3.99. The molecule has 2 aliphatic rings. The second kappa shape index (κ2) is 9.40. The Hall–Kier alpha value is -1.10. The van der Waals surface area contributed by atoms with E-state index in [-0.39, 0.29) is 5.41 Å². The molecule has 1 aromatic rings. The van der Waals surface area contributed by atoms with E-state index in [1.165, 1.54) is 37.7 Å². The minimum atomic E-state index is -0.689. The van der Waals surface area contributed by atoms with Gasteiger partial charge in [-0.2, -0.15) is 0 Å². The van der Waals surface area contributed by atoms with Gasteiger partial charge in [0.05, 0.1) is 18.8 Å². The van der Waals surface area contributed by atoms with E-state index < -0.39 is 12.2 Å². The van der Waals surface area contributed by atoms with E-state index in [2.05, 4.69) is 36.9 Å². The van der Waals surface area contributed by atoms with Gasteiger partial charge in [0, 0.05) is 25.2 Å². The summed E-state index contributed by atoms with van der Waals surface area (Å²) in [6, 6.07) is 8.27. The summed E-state index contributed by atoms with van der Waals surface area (Å²) in [6.45, 7) is 7.21. The van der Waals surface area contributed by atoms with Crippen molar-refractivity contribution in [2.75, 3.05) is 19.7 Å². The van der Waals surface area contributed by atoms with Crippen molar-refractivity contribution in [1.82, 2.24) is 4.90 Å². The van der Waals surface area contributed by atoms with Gasteiger partial charge in [0.1, 0.15) is 5.75 Å². The average Bonchev–Trinajstić information content (AvgIpc) is 2.72. The predicted molar refractivity (Wildman–Crippen MR) is 109 cm³/mol. The average molecular weight is 376 g/mol. The molecule has 1 saturated heterocycles. The normalized spacial score (nSPS) is 27.3. The molecule has 1 heterocycles. The van der Waals surface area contributed by atoms with Crippen molar-refractivity contribution in [2.24, 2.45) is 11.3 Å². The van der Waals surface area contributed by atoms with Gasteiger partial charge in [-0.25, -0.2) is 0 Å². The first-order valence-corrected chi connectivity index (χ1v) is 10.7. The third-order valence-corrected chi connectivity index (χ3v) is 6.18. The Morgan fingerprint density at radius 3 is 2.59 bits per heavy atom. The quantitative estimate of drug-likeness (QED) is 0.789. The zero-order valence-corrected chi connectivity index (χ0v) is 17.1. The van der Waals surface area contributed by atoms with Crippen molar-refractivity contribution in [3.05, 3.63) is 29.8 Å². The largest absolute Gasteiger partial charge is 0.493 e. The molecule has 0 unspecified atom stereocenters. The molecular formula is C23H37NO3. The van der Waals surface area contributed by atoms with Crippen molar-refractivity contribution in [3.8, 4) is 5.75 Å². The van der Waals surface area contributed by atoms with Crippen molar-refractivity contribution in [1.29, 1.82) is 0 Å². The third kappa shape index (κ3) is 6.20. The molecule has 2 N–H and O–H groups in total. The van der Waals surface area contributed by atoms with E-state index in [9.17, 15) is 10.2 Å². The Morgan fingerprint density at radius 2 is 1.81 bits per heavy atom. The lowest BCUT2D eigenvalue weighted by Crippen LogP contribution is -2.36. The van der Waals surface area contributed by atoms with Crippen LogP contribution in [0.3, 0.4) is 0 Å². The van der Waals surface area contributed by atoms with Crippen LogP contribution in [0.4, 0.5) is 0 Å². The molecule has 1 aromatic carbocycles. The standard InChI is InChI=1S/C23H37NO3/c1-23(2)14-20(25)21(26)16-24(17-23)15-19-10-6-7-11-22(19)27-13-12-18-8-4-3-5-9-18/h6-7,10-11,18,20-21,25-26H,3-5,8-9,12-17H2,1-2H3/t20-,21+/m1/s1. The SMILES string of the molecule is CC1(C)C[C@@H](O)[C@@H](O)CN(Cc2ccccc2OCCC2CCCCC2)C1. The summed E-state index contributed by atoms with van der Waals surface area (Å²) in [7, 11) is 0. The summed E-state index contributed by atoms with van der Waals surface area (Å²) in [6.07, 6.45) is 7.30. The first-order valence-electron chi connectivity index (χ1n) is 10.7. The molecule has 1 aliphatic heterocycles. The lowest BCUT2D eigenvalue weighted by molar-refractivity contribution is 0.00252. The van der Waals surface area contributed by atoms with Crippen LogP contribution in [-0.2, 0) is 6.54 Å². The number of benzene rings is 1. The summed E-state index contributed by atoms with van der Waals surface area (Å²) < 4.78 is 6.17. The van der Waals surface area contributed by atoms with Crippen LogP contribution in [0.5, 0.6) is 5.75 Å². The van der Waals surface area contributed by atoms with Crippen LogP contribution in [0.15, 0.2) is 24.3 Å². The summed E-state index contributed by atoms with van der Waals surface area (Å²) >= 11 is 0. The van der Waals surface area contributed by atoms with Gasteiger partial charge in [0.2, 0.25) is 0 Å². The minimum absolute atomic E-state index is 0.0202. The summed E-state index contributed by atoms with van der Waals surface area (Å²) in [5.74, 6) is 1.79. The maximum absolute atomic E-state index is 10.3. The summed E-state index contributed by atoms with van der Waals surface area (Å²) in [4.78, 5) is 2.25. The molecule has 2 fully saturated rings. The number of ether oxygens (including phenoxy) is 1. The van der Waals surface area contributed by atoms with E-state index in [0.29, 0.717) is 13.0 Å². The van der Waals surface area contributed by atoms with Gasteiger partial charge < -0.3 is 14.9 Å². The zero-order chi connectivity index (χ0) is 19.3.